The molecule has 0 aliphatic heterocycles. The molecule has 0 spiro atoms. The van der Waals surface area contributed by atoms with Gasteiger partial charge in [0.2, 0.25) is 0 Å². The number of ether oxygens (including phenoxy) is 1. The van der Waals surface area contributed by atoms with Crippen LogP contribution in [0, 0.1) is 56.7 Å². The summed E-state index contributed by atoms with van der Waals surface area (Å²) in [7, 11) is 0. The molecule has 6 heteroatoms. The van der Waals surface area contributed by atoms with E-state index < -0.39 is 29.7 Å². The van der Waals surface area contributed by atoms with Gasteiger partial charge in [-0.25, -0.2) is 0 Å². The van der Waals surface area contributed by atoms with Crippen molar-refractivity contribution in [2.24, 2.45) is 56.7 Å². The molecule has 0 saturated heterocycles. The molecule has 3 unspecified atom stereocenters. The minimum atomic E-state index is -1.15. The molecule has 2 N–H and O–H groups in total. The predicted molar refractivity (Wildman–Crippen MR) is 149 cm³/mol. The molecule has 5 rings (SSSR count). The van der Waals surface area contributed by atoms with E-state index in [9.17, 15) is 19.5 Å². The molecule has 218 valence electrons. The number of fused-ring (bicyclic) bond motifs is 7. The third-order valence-corrected chi connectivity index (χ3v) is 13.9. The van der Waals surface area contributed by atoms with Gasteiger partial charge in [-0.2, -0.15) is 0 Å². The van der Waals surface area contributed by atoms with Crippen LogP contribution in [-0.4, -0.2) is 34.2 Å². The van der Waals surface area contributed by atoms with Crippen molar-refractivity contribution in [1.82, 2.24) is 0 Å². The lowest BCUT2D eigenvalue weighted by atomic mass is 9.33. The fraction of sp³-hybridized carbons (Fsp3) is 0.848. The summed E-state index contributed by atoms with van der Waals surface area (Å²) in [6.07, 6.45) is 9.99. The number of rotatable bonds is 4. The van der Waals surface area contributed by atoms with E-state index >= 15 is 0 Å². The van der Waals surface area contributed by atoms with Crippen LogP contribution < -0.4 is 0 Å². The number of carbonyl (C=O) groups is 3. The Morgan fingerprint density at radius 2 is 1.59 bits per heavy atom. The summed E-state index contributed by atoms with van der Waals surface area (Å²) >= 11 is 0. The van der Waals surface area contributed by atoms with Gasteiger partial charge in [0, 0.05) is 5.41 Å². The van der Waals surface area contributed by atoms with Gasteiger partial charge in [-0.3, -0.25) is 14.4 Å². The Bertz CT molecular complexity index is 1090. The molecule has 0 amide bonds. The standard InChI is InChI=1S/C33H50O6/c1-19-10-15-33(28(37)38)17-16-31(6)21(27(33)20(19)2)8-9-23-30(5)13-12-24(39-26(36)18-25(34)35)29(3,4)22(30)11-14-32(23,31)7/h8,19-20,22-24,27H,9-18H2,1-7H3,(H,34,35)(H,37,38)/t19-,20+,22?,23?,24+,27?,30+,31-,32-,33+/m1/s1. The number of aliphatic carboxylic acids is 2. The van der Waals surface area contributed by atoms with Gasteiger partial charge in [0.1, 0.15) is 12.5 Å². The second kappa shape index (κ2) is 9.08. The van der Waals surface area contributed by atoms with Crippen molar-refractivity contribution < 1.29 is 29.3 Å². The van der Waals surface area contributed by atoms with Gasteiger partial charge < -0.3 is 14.9 Å². The van der Waals surface area contributed by atoms with E-state index in [0.29, 0.717) is 23.7 Å². The Morgan fingerprint density at radius 1 is 0.897 bits per heavy atom. The molecule has 0 aromatic heterocycles. The van der Waals surface area contributed by atoms with Gasteiger partial charge >= 0.3 is 17.9 Å². The zero-order valence-electron chi connectivity index (χ0n) is 25.1. The lowest BCUT2D eigenvalue weighted by Gasteiger charge is -2.71. The highest BCUT2D eigenvalue weighted by Crippen LogP contribution is 2.75. The average molecular weight is 543 g/mol. The summed E-state index contributed by atoms with van der Waals surface area (Å²) in [6, 6.07) is 0. The molecule has 4 saturated carbocycles. The first-order valence-electron chi connectivity index (χ1n) is 15.4. The summed E-state index contributed by atoms with van der Waals surface area (Å²) in [6.45, 7) is 16.5. The smallest absolute Gasteiger partial charge is 0.317 e. The first kappa shape index (κ1) is 28.7. The van der Waals surface area contributed by atoms with Crippen LogP contribution in [0.3, 0.4) is 0 Å². The zero-order valence-corrected chi connectivity index (χ0v) is 25.1. The van der Waals surface area contributed by atoms with Crippen LogP contribution in [0.2, 0.25) is 0 Å². The fourth-order valence-electron chi connectivity index (χ4n) is 11.4. The second-order valence-corrected chi connectivity index (χ2v) is 15.5. The van der Waals surface area contributed by atoms with Crippen molar-refractivity contribution in [3.63, 3.8) is 0 Å². The maximum Gasteiger partial charge on any atom is 0.317 e. The van der Waals surface area contributed by atoms with Gasteiger partial charge in [-0.05, 0) is 104 Å². The van der Waals surface area contributed by atoms with Crippen LogP contribution in [0.25, 0.3) is 0 Å². The van der Waals surface area contributed by atoms with Crippen LogP contribution in [-0.2, 0) is 19.1 Å². The number of hydrogen-bond donors (Lipinski definition) is 2. The van der Waals surface area contributed by atoms with Crippen molar-refractivity contribution in [3.05, 3.63) is 11.6 Å². The number of carboxylic acids is 2. The Balaban J connectivity index is 1.50. The first-order chi connectivity index (χ1) is 18.0. The molecular weight excluding hydrogens is 492 g/mol. The monoisotopic (exact) mass is 542 g/mol. The molecule has 10 atom stereocenters. The molecule has 0 bridgehead atoms. The Hall–Kier alpha value is -1.85. The van der Waals surface area contributed by atoms with E-state index in [-0.39, 0.29) is 33.7 Å². The molecule has 5 aliphatic rings. The summed E-state index contributed by atoms with van der Waals surface area (Å²) in [5.41, 5.74) is 0.716. The van der Waals surface area contributed by atoms with Crippen molar-refractivity contribution >= 4 is 17.9 Å². The predicted octanol–water partition coefficient (Wildman–Crippen LogP) is 7.12. The maximum atomic E-state index is 12.9. The lowest BCUT2D eigenvalue weighted by Crippen LogP contribution is -2.65. The van der Waals surface area contributed by atoms with Crippen LogP contribution in [0.15, 0.2) is 11.6 Å². The van der Waals surface area contributed by atoms with Crippen molar-refractivity contribution in [2.75, 3.05) is 0 Å². The van der Waals surface area contributed by atoms with E-state index in [2.05, 4.69) is 54.5 Å². The largest absolute Gasteiger partial charge is 0.481 e. The fourth-order valence-corrected chi connectivity index (χ4v) is 11.4. The third kappa shape index (κ3) is 3.81. The maximum absolute atomic E-state index is 12.9. The Kier molecular flexibility index (Phi) is 6.67. The minimum Gasteiger partial charge on any atom is -0.481 e. The first-order valence-corrected chi connectivity index (χ1v) is 15.4. The van der Waals surface area contributed by atoms with Crippen molar-refractivity contribution in [1.29, 1.82) is 0 Å². The molecule has 5 aliphatic carbocycles. The van der Waals surface area contributed by atoms with Gasteiger partial charge in [-0.1, -0.05) is 60.1 Å². The van der Waals surface area contributed by atoms with E-state index in [1.807, 2.05) is 0 Å². The highest BCUT2D eigenvalue weighted by molar-refractivity contribution is 5.90. The van der Waals surface area contributed by atoms with E-state index in [1.54, 1.807) is 0 Å². The van der Waals surface area contributed by atoms with Gasteiger partial charge in [0.25, 0.3) is 0 Å². The van der Waals surface area contributed by atoms with Crippen molar-refractivity contribution in [2.45, 2.75) is 119 Å². The van der Waals surface area contributed by atoms with Crippen LogP contribution in [0.1, 0.15) is 113 Å². The quantitative estimate of drug-likeness (QED) is 0.223. The lowest BCUT2D eigenvalue weighted by molar-refractivity contribution is -0.214. The van der Waals surface area contributed by atoms with Gasteiger partial charge in [0.05, 0.1) is 5.41 Å². The minimum absolute atomic E-state index is 0.0201. The highest BCUT2D eigenvalue weighted by Gasteiger charge is 2.69. The van der Waals surface area contributed by atoms with Crippen LogP contribution >= 0.6 is 0 Å². The second-order valence-electron chi connectivity index (χ2n) is 15.5. The van der Waals surface area contributed by atoms with Crippen LogP contribution in [0.4, 0.5) is 0 Å². The topological polar surface area (TPSA) is 101 Å². The van der Waals surface area contributed by atoms with E-state index in [4.69, 9.17) is 9.84 Å². The molecule has 4 fully saturated rings. The van der Waals surface area contributed by atoms with Crippen LogP contribution in [0.5, 0.6) is 0 Å². The summed E-state index contributed by atoms with van der Waals surface area (Å²) in [5, 5.41) is 19.7. The molecule has 39 heavy (non-hydrogen) atoms. The molecule has 0 aromatic carbocycles. The zero-order chi connectivity index (χ0) is 28.8. The Labute approximate surface area is 234 Å². The van der Waals surface area contributed by atoms with E-state index in [1.165, 1.54) is 5.57 Å². The third-order valence-electron chi connectivity index (χ3n) is 13.9. The van der Waals surface area contributed by atoms with Crippen molar-refractivity contribution in [3.8, 4) is 0 Å². The SMILES string of the molecule is C[C@@H]1CC[C@]2(C(=O)O)CC[C@]3(C)C(=CCC4[C@@]5(C)CC[C@H](OC(=O)CC(=O)O)C(C)(C)C5CC[C@]43C)C2[C@H]1C. The van der Waals surface area contributed by atoms with Gasteiger partial charge in [0.15, 0.2) is 0 Å². The number of carbonyl (C=O) groups excluding carboxylic acids is 1. The summed E-state index contributed by atoms with van der Waals surface area (Å²) < 4.78 is 5.81. The summed E-state index contributed by atoms with van der Waals surface area (Å²) in [5.74, 6) is -0.522. The number of hydrogen-bond acceptors (Lipinski definition) is 4. The molecule has 0 heterocycles. The number of carboxylic acid groups (broad SMARTS) is 2. The number of allylic oxidation sites excluding steroid dienone is 2. The Morgan fingerprint density at radius 3 is 2.23 bits per heavy atom. The van der Waals surface area contributed by atoms with E-state index in [0.717, 1.165) is 57.8 Å². The summed E-state index contributed by atoms with van der Waals surface area (Å²) in [4.78, 5) is 36.3. The molecular formula is C33H50O6. The molecule has 0 radical (unpaired) electrons. The normalized spacial score (nSPS) is 48.3. The van der Waals surface area contributed by atoms with Gasteiger partial charge in [-0.15, -0.1) is 0 Å². The highest BCUT2D eigenvalue weighted by atomic mass is 16.5. The molecule has 0 aromatic rings. The average Bonchev–Trinajstić information content (AvgIpc) is 2.83. The molecule has 6 nitrogen and oxygen atoms in total. The number of esters is 1.